The van der Waals surface area contributed by atoms with Gasteiger partial charge >= 0.3 is 0 Å². The van der Waals surface area contributed by atoms with Gasteiger partial charge in [0.2, 0.25) is 0 Å². The zero-order valence-electron chi connectivity index (χ0n) is 10.9. The van der Waals surface area contributed by atoms with E-state index in [0.29, 0.717) is 6.61 Å². The van der Waals surface area contributed by atoms with Crippen molar-refractivity contribution in [3.05, 3.63) is 0 Å². The van der Waals surface area contributed by atoms with Gasteiger partial charge in [-0.25, -0.2) is 0 Å². The molecule has 0 heterocycles. The molecule has 0 aromatic rings. The Hall–Kier alpha value is -0.0800. The van der Waals surface area contributed by atoms with Gasteiger partial charge in [-0.2, -0.15) is 0 Å². The van der Waals surface area contributed by atoms with Crippen molar-refractivity contribution >= 4 is 0 Å². The molecule has 2 atom stereocenters. The van der Waals surface area contributed by atoms with Crippen molar-refractivity contribution in [2.75, 3.05) is 19.7 Å². The van der Waals surface area contributed by atoms with Gasteiger partial charge < -0.3 is 10.4 Å². The molecule has 0 saturated heterocycles. The number of nitrogens with one attached hydrogen (secondary N) is 1. The lowest BCUT2D eigenvalue weighted by Gasteiger charge is -2.28. The van der Waals surface area contributed by atoms with E-state index in [-0.39, 0.29) is 0 Å². The van der Waals surface area contributed by atoms with Crippen molar-refractivity contribution in [1.29, 1.82) is 0 Å². The van der Waals surface area contributed by atoms with Crippen LogP contribution in [-0.4, -0.2) is 24.8 Å². The molecule has 0 bridgehead atoms. The summed E-state index contributed by atoms with van der Waals surface area (Å²) in [5.41, 5.74) is 0. The Bertz CT molecular complexity index is 161. The largest absolute Gasteiger partial charge is 0.396 e. The molecule has 16 heavy (non-hydrogen) atoms. The summed E-state index contributed by atoms with van der Waals surface area (Å²) in [6.07, 6.45) is 10.4. The number of hydrogen-bond donors (Lipinski definition) is 2. The highest BCUT2D eigenvalue weighted by Gasteiger charge is 2.20. The van der Waals surface area contributed by atoms with Crippen LogP contribution in [0.2, 0.25) is 0 Å². The molecular weight excluding hydrogens is 198 g/mol. The molecule has 1 fully saturated rings. The fourth-order valence-electron chi connectivity index (χ4n) is 2.70. The fourth-order valence-corrected chi connectivity index (χ4v) is 2.70. The number of aliphatic hydroxyl groups is 1. The minimum atomic E-state index is 0.354. The predicted octanol–water partition coefficient (Wildman–Crippen LogP) is 2.96. The number of rotatable bonds is 8. The molecule has 0 aromatic carbocycles. The van der Waals surface area contributed by atoms with Crippen molar-refractivity contribution < 1.29 is 5.11 Å². The zero-order chi connectivity index (χ0) is 11.6. The fraction of sp³-hybridized carbons (Fsp3) is 1.00. The Morgan fingerprint density at radius 3 is 2.56 bits per heavy atom. The predicted molar refractivity (Wildman–Crippen MR) is 69.5 cm³/mol. The number of aliphatic hydroxyl groups excluding tert-OH is 1. The second-order valence-electron chi connectivity index (χ2n) is 5.36. The molecule has 96 valence electrons. The average molecular weight is 227 g/mol. The van der Waals surface area contributed by atoms with Crippen LogP contribution in [0.4, 0.5) is 0 Å². The normalized spacial score (nSPS) is 25.9. The van der Waals surface area contributed by atoms with Gasteiger partial charge in [0, 0.05) is 6.61 Å². The molecular formula is C14H29NO. The average Bonchev–Trinajstić information content (AvgIpc) is 2.30. The van der Waals surface area contributed by atoms with E-state index in [1.165, 1.54) is 51.5 Å². The van der Waals surface area contributed by atoms with Crippen molar-refractivity contribution in [1.82, 2.24) is 5.32 Å². The van der Waals surface area contributed by atoms with Crippen molar-refractivity contribution in [3.63, 3.8) is 0 Å². The molecule has 0 amide bonds. The number of unbranched alkanes of at least 4 members (excludes halogenated alkanes) is 3. The summed E-state index contributed by atoms with van der Waals surface area (Å²) in [6.45, 7) is 5.15. The molecule has 2 heteroatoms. The van der Waals surface area contributed by atoms with E-state index in [1.54, 1.807) is 0 Å². The summed E-state index contributed by atoms with van der Waals surface area (Å²) in [6, 6.07) is 0. The summed E-state index contributed by atoms with van der Waals surface area (Å²) < 4.78 is 0. The Labute approximate surface area is 101 Å². The van der Waals surface area contributed by atoms with Gasteiger partial charge in [0.25, 0.3) is 0 Å². The highest BCUT2D eigenvalue weighted by molar-refractivity contribution is 4.73. The lowest BCUT2D eigenvalue weighted by molar-refractivity contribution is 0.247. The van der Waals surface area contributed by atoms with Crippen LogP contribution >= 0.6 is 0 Å². The van der Waals surface area contributed by atoms with Gasteiger partial charge in [0.05, 0.1) is 0 Å². The maximum atomic E-state index is 8.65. The van der Waals surface area contributed by atoms with Crippen LogP contribution in [0, 0.1) is 11.8 Å². The molecule has 1 saturated carbocycles. The minimum Gasteiger partial charge on any atom is -0.396 e. The maximum Gasteiger partial charge on any atom is 0.0431 e. The SMILES string of the molecule is CC1CCCCC1CNCCCCCCO. The van der Waals surface area contributed by atoms with Crippen molar-refractivity contribution in [2.45, 2.75) is 58.3 Å². The lowest BCUT2D eigenvalue weighted by atomic mass is 9.80. The Balaban J connectivity index is 1.90. The standard InChI is InChI=1S/C14H29NO/c1-13-8-4-5-9-14(13)12-15-10-6-2-3-7-11-16/h13-16H,2-12H2,1H3. The Morgan fingerprint density at radius 1 is 1.06 bits per heavy atom. The maximum absolute atomic E-state index is 8.65. The smallest absolute Gasteiger partial charge is 0.0431 e. The van der Waals surface area contributed by atoms with E-state index in [9.17, 15) is 0 Å². The summed E-state index contributed by atoms with van der Waals surface area (Å²) >= 11 is 0. The molecule has 2 nitrogen and oxygen atoms in total. The van der Waals surface area contributed by atoms with Gasteiger partial charge in [-0.1, -0.05) is 39.0 Å². The molecule has 2 N–H and O–H groups in total. The molecule has 1 aliphatic carbocycles. The molecule has 0 aliphatic heterocycles. The lowest BCUT2D eigenvalue weighted by Crippen LogP contribution is -2.29. The highest BCUT2D eigenvalue weighted by atomic mass is 16.2. The molecule has 0 spiro atoms. The summed E-state index contributed by atoms with van der Waals surface area (Å²) in [7, 11) is 0. The third kappa shape index (κ3) is 5.86. The molecule has 0 aromatic heterocycles. The number of hydrogen-bond acceptors (Lipinski definition) is 2. The second-order valence-corrected chi connectivity index (χ2v) is 5.36. The minimum absolute atomic E-state index is 0.354. The van der Waals surface area contributed by atoms with Gasteiger partial charge in [0.1, 0.15) is 0 Å². The van der Waals surface area contributed by atoms with Gasteiger partial charge in [-0.3, -0.25) is 0 Å². The molecule has 2 unspecified atom stereocenters. The molecule has 0 radical (unpaired) electrons. The zero-order valence-corrected chi connectivity index (χ0v) is 10.9. The Morgan fingerprint density at radius 2 is 1.81 bits per heavy atom. The first-order valence-electron chi connectivity index (χ1n) is 7.16. The first-order chi connectivity index (χ1) is 7.84. The van der Waals surface area contributed by atoms with Crippen molar-refractivity contribution in [2.24, 2.45) is 11.8 Å². The molecule has 1 aliphatic rings. The summed E-state index contributed by atoms with van der Waals surface area (Å²) in [5, 5.41) is 12.3. The van der Waals surface area contributed by atoms with Crippen LogP contribution in [-0.2, 0) is 0 Å². The summed E-state index contributed by atoms with van der Waals surface area (Å²) in [4.78, 5) is 0. The third-order valence-corrected chi connectivity index (χ3v) is 3.96. The highest BCUT2D eigenvalue weighted by Crippen LogP contribution is 2.28. The van der Waals surface area contributed by atoms with Gasteiger partial charge in [0.15, 0.2) is 0 Å². The second kappa shape index (κ2) is 9.00. The third-order valence-electron chi connectivity index (χ3n) is 3.96. The first kappa shape index (κ1) is 14.0. The van der Waals surface area contributed by atoms with Crippen LogP contribution in [0.5, 0.6) is 0 Å². The van der Waals surface area contributed by atoms with E-state index in [0.717, 1.165) is 24.8 Å². The first-order valence-corrected chi connectivity index (χ1v) is 7.16. The molecule has 1 rings (SSSR count). The monoisotopic (exact) mass is 227 g/mol. The topological polar surface area (TPSA) is 32.3 Å². The van der Waals surface area contributed by atoms with Crippen LogP contribution < -0.4 is 5.32 Å². The van der Waals surface area contributed by atoms with Gasteiger partial charge in [-0.15, -0.1) is 0 Å². The van der Waals surface area contributed by atoms with E-state index < -0.39 is 0 Å². The Kier molecular flexibility index (Phi) is 7.87. The van der Waals surface area contributed by atoms with E-state index in [1.807, 2.05) is 0 Å². The van der Waals surface area contributed by atoms with Crippen molar-refractivity contribution in [3.8, 4) is 0 Å². The van der Waals surface area contributed by atoms with Crippen LogP contribution in [0.25, 0.3) is 0 Å². The van der Waals surface area contributed by atoms with E-state index in [4.69, 9.17) is 5.11 Å². The van der Waals surface area contributed by atoms with Crippen LogP contribution in [0.1, 0.15) is 58.3 Å². The van der Waals surface area contributed by atoms with Gasteiger partial charge in [-0.05, 0) is 44.2 Å². The summed E-state index contributed by atoms with van der Waals surface area (Å²) in [5.74, 6) is 1.85. The van der Waals surface area contributed by atoms with E-state index in [2.05, 4.69) is 12.2 Å². The quantitative estimate of drug-likeness (QED) is 0.625. The van der Waals surface area contributed by atoms with Crippen LogP contribution in [0.15, 0.2) is 0 Å². The van der Waals surface area contributed by atoms with E-state index >= 15 is 0 Å². The van der Waals surface area contributed by atoms with Crippen LogP contribution in [0.3, 0.4) is 0 Å².